The maximum Gasteiger partial charge on any atom is 0.290 e. The smallest absolute Gasteiger partial charge is 0.290 e. The van der Waals surface area contributed by atoms with Crippen molar-refractivity contribution >= 4 is 0 Å². The molecule has 1 aromatic rings. The van der Waals surface area contributed by atoms with Gasteiger partial charge in [0.25, 0.3) is 5.92 Å². The molecule has 4 heteroatoms. The maximum atomic E-state index is 14.3. The van der Waals surface area contributed by atoms with Crippen molar-refractivity contribution in [1.29, 1.82) is 0 Å². The molecule has 0 aliphatic heterocycles. The van der Waals surface area contributed by atoms with Crippen LogP contribution in [-0.2, 0) is 5.92 Å². The van der Waals surface area contributed by atoms with Crippen LogP contribution in [-0.4, -0.2) is 16.7 Å². The van der Waals surface area contributed by atoms with Gasteiger partial charge in [-0.2, -0.15) is 8.78 Å². The second-order valence-corrected chi connectivity index (χ2v) is 4.83. The Morgan fingerprint density at radius 3 is 2.24 bits per heavy atom. The molecule has 1 fully saturated rings. The molecule has 1 aromatic carbocycles. The van der Waals surface area contributed by atoms with Gasteiger partial charge < -0.3 is 10.8 Å². The highest BCUT2D eigenvalue weighted by atomic mass is 19.3. The van der Waals surface area contributed by atoms with Gasteiger partial charge in [0.15, 0.2) is 0 Å². The van der Waals surface area contributed by atoms with E-state index in [9.17, 15) is 13.9 Å². The molecule has 0 amide bonds. The van der Waals surface area contributed by atoms with E-state index in [4.69, 9.17) is 5.73 Å². The molecule has 1 aliphatic rings. The number of aliphatic hydroxyl groups excluding tert-OH is 1. The second-order valence-electron chi connectivity index (χ2n) is 4.83. The van der Waals surface area contributed by atoms with Crippen LogP contribution >= 0.6 is 0 Å². The fourth-order valence-electron chi connectivity index (χ4n) is 2.37. The van der Waals surface area contributed by atoms with E-state index in [2.05, 4.69) is 0 Å². The van der Waals surface area contributed by atoms with Crippen LogP contribution in [0.2, 0.25) is 0 Å². The third-order valence-corrected chi connectivity index (χ3v) is 3.61. The number of alkyl halides is 2. The number of benzene rings is 1. The van der Waals surface area contributed by atoms with Crippen molar-refractivity contribution in [2.75, 3.05) is 0 Å². The van der Waals surface area contributed by atoms with Crippen LogP contribution in [0.1, 0.15) is 31.2 Å². The Bertz CT molecular complexity index is 372. The summed E-state index contributed by atoms with van der Waals surface area (Å²) in [6, 6.07) is 7.68. The molecule has 2 nitrogen and oxygen atoms in total. The van der Waals surface area contributed by atoms with Crippen LogP contribution in [0.4, 0.5) is 8.78 Å². The Morgan fingerprint density at radius 1 is 1.18 bits per heavy atom. The molecular weight excluding hydrogens is 224 g/mol. The van der Waals surface area contributed by atoms with Gasteiger partial charge in [0.2, 0.25) is 0 Å². The molecular formula is C13H17F2NO. The molecule has 0 aromatic heterocycles. The highest BCUT2D eigenvalue weighted by Crippen LogP contribution is 2.45. The van der Waals surface area contributed by atoms with Crippen molar-refractivity contribution in [2.24, 2.45) is 5.73 Å². The largest absolute Gasteiger partial charge is 0.393 e. The van der Waals surface area contributed by atoms with Gasteiger partial charge in [-0.1, -0.05) is 30.3 Å². The first kappa shape index (κ1) is 12.5. The average molecular weight is 241 g/mol. The summed E-state index contributed by atoms with van der Waals surface area (Å²) in [6.45, 7) is 0. The summed E-state index contributed by atoms with van der Waals surface area (Å²) >= 11 is 0. The number of rotatable bonds is 2. The summed E-state index contributed by atoms with van der Waals surface area (Å²) < 4.78 is 28.7. The molecule has 17 heavy (non-hydrogen) atoms. The van der Waals surface area contributed by atoms with Crippen LogP contribution in [0.25, 0.3) is 0 Å². The Hall–Kier alpha value is -1.00. The van der Waals surface area contributed by atoms with Crippen LogP contribution in [0.5, 0.6) is 0 Å². The normalized spacial score (nSPS) is 30.2. The van der Waals surface area contributed by atoms with Gasteiger partial charge >= 0.3 is 0 Å². The van der Waals surface area contributed by atoms with Gasteiger partial charge in [0.1, 0.15) is 0 Å². The monoisotopic (exact) mass is 241 g/mol. The third-order valence-electron chi connectivity index (χ3n) is 3.61. The number of aliphatic hydroxyl groups is 1. The number of hydrogen-bond donors (Lipinski definition) is 2. The Balaban J connectivity index is 2.26. The lowest BCUT2D eigenvalue weighted by Crippen LogP contribution is -2.56. The van der Waals surface area contributed by atoms with Crippen LogP contribution < -0.4 is 5.73 Å². The standard InChI is InChI=1S/C13H17F2NO/c14-13(15,10-4-2-1-3-5-10)12(16)8-6-11(17)7-9-12/h1-5,11,17H,6-9,16H2. The molecule has 0 spiro atoms. The van der Waals surface area contributed by atoms with Gasteiger partial charge in [-0.25, -0.2) is 0 Å². The van der Waals surface area contributed by atoms with Gasteiger partial charge in [0, 0.05) is 5.56 Å². The first-order valence-corrected chi connectivity index (χ1v) is 5.86. The van der Waals surface area contributed by atoms with Crippen LogP contribution in [0.15, 0.2) is 30.3 Å². The van der Waals surface area contributed by atoms with Crippen molar-refractivity contribution < 1.29 is 13.9 Å². The zero-order chi connectivity index (χ0) is 12.5. The Labute approximate surface area is 99.4 Å². The molecule has 0 radical (unpaired) electrons. The first-order chi connectivity index (χ1) is 7.96. The number of nitrogens with two attached hydrogens (primary N) is 1. The van der Waals surface area contributed by atoms with E-state index in [1.54, 1.807) is 18.2 Å². The SMILES string of the molecule is NC1(C(F)(F)c2ccccc2)CCC(O)CC1. The van der Waals surface area contributed by atoms with Crippen molar-refractivity contribution in [1.82, 2.24) is 0 Å². The Morgan fingerprint density at radius 2 is 1.71 bits per heavy atom. The number of halogens is 2. The zero-order valence-corrected chi connectivity index (χ0v) is 9.57. The minimum Gasteiger partial charge on any atom is -0.393 e. The predicted octanol–water partition coefficient (Wildman–Crippen LogP) is 2.41. The highest BCUT2D eigenvalue weighted by molar-refractivity contribution is 5.25. The Kier molecular flexibility index (Phi) is 3.19. The third kappa shape index (κ3) is 2.19. The lowest BCUT2D eigenvalue weighted by atomic mass is 9.74. The molecule has 2 rings (SSSR count). The van der Waals surface area contributed by atoms with E-state index in [1.165, 1.54) is 12.1 Å². The summed E-state index contributed by atoms with van der Waals surface area (Å²) in [5, 5.41) is 9.38. The quantitative estimate of drug-likeness (QED) is 0.835. The average Bonchev–Trinajstić information content (AvgIpc) is 2.34. The fraction of sp³-hybridized carbons (Fsp3) is 0.538. The summed E-state index contributed by atoms with van der Waals surface area (Å²) in [6.07, 6.45) is 0.502. The second kappa shape index (κ2) is 4.35. The minimum absolute atomic E-state index is 0.0427. The number of hydrogen-bond acceptors (Lipinski definition) is 2. The summed E-state index contributed by atoms with van der Waals surface area (Å²) in [5.74, 6) is -3.05. The van der Waals surface area contributed by atoms with Crippen molar-refractivity contribution in [3.05, 3.63) is 35.9 Å². The van der Waals surface area contributed by atoms with Crippen molar-refractivity contribution in [3.8, 4) is 0 Å². The van der Waals surface area contributed by atoms with Gasteiger partial charge in [-0.3, -0.25) is 0 Å². The minimum atomic E-state index is -3.05. The molecule has 1 aliphatic carbocycles. The van der Waals surface area contributed by atoms with Gasteiger partial charge in [0.05, 0.1) is 11.6 Å². The van der Waals surface area contributed by atoms with E-state index in [1.807, 2.05) is 0 Å². The predicted molar refractivity (Wildman–Crippen MR) is 61.7 cm³/mol. The lowest BCUT2D eigenvalue weighted by Gasteiger charge is -2.41. The van der Waals surface area contributed by atoms with E-state index in [0.29, 0.717) is 12.8 Å². The molecule has 1 saturated carbocycles. The molecule has 0 heterocycles. The summed E-state index contributed by atoms with van der Waals surface area (Å²) in [4.78, 5) is 0. The van der Waals surface area contributed by atoms with Crippen LogP contribution in [0, 0.1) is 0 Å². The zero-order valence-electron chi connectivity index (χ0n) is 9.57. The highest BCUT2D eigenvalue weighted by Gasteiger charge is 2.52. The lowest BCUT2D eigenvalue weighted by molar-refractivity contribution is -0.105. The van der Waals surface area contributed by atoms with Crippen molar-refractivity contribution in [3.63, 3.8) is 0 Å². The molecule has 94 valence electrons. The van der Waals surface area contributed by atoms with Gasteiger partial charge in [-0.05, 0) is 25.7 Å². The van der Waals surface area contributed by atoms with E-state index >= 15 is 0 Å². The van der Waals surface area contributed by atoms with Gasteiger partial charge in [-0.15, -0.1) is 0 Å². The maximum absolute atomic E-state index is 14.3. The van der Waals surface area contributed by atoms with Crippen molar-refractivity contribution in [2.45, 2.75) is 43.2 Å². The topological polar surface area (TPSA) is 46.2 Å². The van der Waals surface area contributed by atoms with E-state index in [-0.39, 0.29) is 18.4 Å². The molecule has 3 N–H and O–H groups in total. The summed E-state index contributed by atoms with van der Waals surface area (Å²) in [5.41, 5.74) is 4.29. The molecule has 0 saturated heterocycles. The van der Waals surface area contributed by atoms with Crippen LogP contribution in [0.3, 0.4) is 0 Å². The molecule has 0 atom stereocenters. The summed E-state index contributed by atoms with van der Waals surface area (Å²) in [7, 11) is 0. The fourth-order valence-corrected chi connectivity index (χ4v) is 2.37. The first-order valence-electron chi connectivity index (χ1n) is 5.86. The molecule has 0 bridgehead atoms. The molecule has 0 unspecified atom stereocenters. The van der Waals surface area contributed by atoms with E-state index < -0.39 is 17.6 Å². The van der Waals surface area contributed by atoms with E-state index in [0.717, 1.165) is 0 Å².